The zero-order chi connectivity index (χ0) is 20.2. The molecule has 0 fully saturated rings. The summed E-state index contributed by atoms with van der Waals surface area (Å²) in [6, 6.07) is 28.7. The molecule has 6 rings (SSSR count). The van der Waals surface area contributed by atoms with Gasteiger partial charge in [0.1, 0.15) is 12.6 Å². The molecule has 0 aliphatic heterocycles. The fraction of sp³-hybridized carbons (Fsp3) is 0. The van der Waals surface area contributed by atoms with Crippen LogP contribution in [0.1, 0.15) is 20.7 Å². The molecule has 0 aliphatic rings. The first-order valence-electron chi connectivity index (χ1n) is 9.92. The number of aldehydes is 2. The van der Waals surface area contributed by atoms with Gasteiger partial charge in [0, 0.05) is 11.1 Å². The van der Waals surface area contributed by atoms with E-state index in [9.17, 15) is 9.59 Å². The van der Waals surface area contributed by atoms with Crippen LogP contribution < -0.4 is 0 Å². The molecule has 6 aromatic rings. The second-order valence-electron chi connectivity index (χ2n) is 7.75. The van der Waals surface area contributed by atoms with Crippen LogP contribution in [-0.2, 0) is 0 Å². The highest BCUT2D eigenvalue weighted by molar-refractivity contribution is 6.32. The van der Waals surface area contributed by atoms with E-state index in [1.54, 1.807) is 0 Å². The molecule has 0 aliphatic carbocycles. The van der Waals surface area contributed by atoms with Crippen LogP contribution in [0.25, 0.3) is 53.9 Å². The molecule has 0 amide bonds. The van der Waals surface area contributed by atoms with Crippen LogP contribution in [0.4, 0.5) is 0 Å². The molecule has 0 unspecified atom stereocenters. The van der Waals surface area contributed by atoms with E-state index >= 15 is 0 Å². The smallest absolute Gasteiger partial charge is 0.150 e. The third kappa shape index (κ3) is 2.31. The first-order valence-corrected chi connectivity index (χ1v) is 9.92. The maximum Gasteiger partial charge on any atom is 0.150 e. The maximum atomic E-state index is 11.5. The van der Waals surface area contributed by atoms with Crippen molar-refractivity contribution in [3.05, 3.63) is 96.1 Å². The fourth-order valence-corrected chi connectivity index (χ4v) is 4.69. The van der Waals surface area contributed by atoms with Crippen LogP contribution in [0.3, 0.4) is 0 Å². The van der Waals surface area contributed by atoms with Gasteiger partial charge in [0.2, 0.25) is 0 Å². The Balaban J connectivity index is 1.97. The highest BCUT2D eigenvalue weighted by Crippen LogP contribution is 2.39. The van der Waals surface area contributed by atoms with Crippen molar-refractivity contribution in [1.82, 2.24) is 0 Å². The van der Waals surface area contributed by atoms with Gasteiger partial charge in [-0.1, -0.05) is 72.8 Å². The summed E-state index contributed by atoms with van der Waals surface area (Å²) in [6.45, 7) is 0. The average molecular weight is 384 g/mol. The van der Waals surface area contributed by atoms with Gasteiger partial charge in [0.05, 0.1) is 0 Å². The molecule has 0 N–H and O–H groups in total. The minimum atomic E-state index is 0.667. The summed E-state index contributed by atoms with van der Waals surface area (Å²) in [6.07, 6.45) is 1.79. The van der Waals surface area contributed by atoms with Crippen molar-refractivity contribution in [2.45, 2.75) is 0 Å². The summed E-state index contributed by atoms with van der Waals surface area (Å²) in [5.41, 5.74) is 1.33. The first kappa shape index (κ1) is 16.9. The summed E-state index contributed by atoms with van der Waals surface area (Å²) >= 11 is 0. The van der Waals surface area contributed by atoms with Crippen LogP contribution in [0.15, 0.2) is 84.9 Å². The van der Waals surface area contributed by atoms with Crippen LogP contribution >= 0.6 is 0 Å². The van der Waals surface area contributed by atoms with Gasteiger partial charge < -0.3 is 0 Å². The normalized spacial score (nSPS) is 11.6. The zero-order valence-corrected chi connectivity index (χ0v) is 16.1. The number of hydrogen-bond acceptors (Lipinski definition) is 2. The maximum absolute atomic E-state index is 11.5. The van der Waals surface area contributed by atoms with Crippen molar-refractivity contribution in [2.24, 2.45) is 0 Å². The lowest BCUT2D eigenvalue weighted by Gasteiger charge is -2.13. The van der Waals surface area contributed by atoms with Crippen molar-refractivity contribution < 1.29 is 9.59 Å². The van der Waals surface area contributed by atoms with Crippen molar-refractivity contribution in [3.63, 3.8) is 0 Å². The lowest BCUT2D eigenvalue weighted by atomic mass is 9.90. The van der Waals surface area contributed by atoms with E-state index in [1.807, 2.05) is 36.4 Å². The topological polar surface area (TPSA) is 34.1 Å². The summed E-state index contributed by atoms with van der Waals surface area (Å²) in [7, 11) is 0. The van der Waals surface area contributed by atoms with E-state index < -0.39 is 0 Å². The fourth-order valence-electron chi connectivity index (χ4n) is 4.69. The molecule has 2 heteroatoms. The molecule has 6 aromatic carbocycles. The number of carbonyl (C=O) groups excluding carboxylic acids is 2. The van der Waals surface area contributed by atoms with Crippen LogP contribution in [0.2, 0.25) is 0 Å². The molecular formula is C28H16O2. The van der Waals surface area contributed by atoms with E-state index in [1.165, 1.54) is 0 Å². The van der Waals surface area contributed by atoms with Crippen molar-refractivity contribution >= 4 is 66.4 Å². The molecule has 30 heavy (non-hydrogen) atoms. The van der Waals surface area contributed by atoms with Gasteiger partial charge in [-0.25, -0.2) is 0 Å². The zero-order valence-electron chi connectivity index (χ0n) is 16.1. The van der Waals surface area contributed by atoms with Gasteiger partial charge in [-0.15, -0.1) is 0 Å². The molecule has 2 nitrogen and oxygen atoms in total. The van der Waals surface area contributed by atoms with Gasteiger partial charge in [0.25, 0.3) is 0 Å². The van der Waals surface area contributed by atoms with E-state index in [-0.39, 0.29) is 0 Å². The van der Waals surface area contributed by atoms with Crippen LogP contribution in [0.5, 0.6) is 0 Å². The Morgan fingerprint density at radius 1 is 0.400 bits per heavy atom. The molecule has 0 aromatic heterocycles. The third-order valence-electron chi connectivity index (χ3n) is 6.10. The molecule has 0 saturated heterocycles. The summed E-state index contributed by atoms with van der Waals surface area (Å²) in [5.74, 6) is 0. The number of rotatable bonds is 2. The number of carbonyl (C=O) groups is 2. The molecule has 0 atom stereocenters. The summed E-state index contributed by atoms with van der Waals surface area (Å²) in [4.78, 5) is 22.9. The van der Waals surface area contributed by atoms with Crippen LogP contribution in [-0.4, -0.2) is 12.6 Å². The number of fused-ring (bicyclic) bond motifs is 9. The van der Waals surface area contributed by atoms with E-state index in [0.717, 1.165) is 66.4 Å². The molecule has 0 saturated carbocycles. The Hall–Kier alpha value is -4.04. The molecular weight excluding hydrogens is 368 g/mol. The Kier molecular flexibility index (Phi) is 3.50. The second kappa shape index (κ2) is 6.23. The summed E-state index contributed by atoms with van der Waals surface area (Å²) in [5, 5.41) is 11.2. The second-order valence-corrected chi connectivity index (χ2v) is 7.75. The Bertz CT molecular complexity index is 1540. The van der Waals surface area contributed by atoms with Gasteiger partial charge in [-0.2, -0.15) is 0 Å². The molecule has 0 heterocycles. The number of benzene rings is 6. The quantitative estimate of drug-likeness (QED) is 0.236. The van der Waals surface area contributed by atoms with Crippen LogP contribution in [0, 0.1) is 0 Å². The molecule has 0 spiro atoms. The van der Waals surface area contributed by atoms with Gasteiger partial charge in [-0.05, 0) is 66.0 Å². The highest BCUT2D eigenvalue weighted by Gasteiger charge is 2.12. The van der Waals surface area contributed by atoms with E-state index in [2.05, 4.69) is 48.5 Å². The lowest BCUT2D eigenvalue weighted by Crippen LogP contribution is -1.88. The predicted molar refractivity (Wildman–Crippen MR) is 125 cm³/mol. The Morgan fingerprint density at radius 2 is 0.733 bits per heavy atom. The minimum absolute atomic E-state index is 0.667. The standard InChI is InChI=1S/C28H16O2/c29-15-17-1-3-19-5-7-21-9-11-23-12-10-22-8-6-20-4-2-18(16-30)14-25(20)27(22)28(23)26(21)24(19)13-17/h1-16H. The minimum Gasteiger partial charge on any atom is -0.298 e. The highest BCUT2D eigenvalue weighted by atomic mass is 16.1. The average Bonchev–Trinajstić information content (AvgIpc) is 2.82. The Morgan fingerprint density at radius 3 is 1.13 bits per heavy atom. The first-order chi connectivity index (χ1) is 14.8. The van der Waals surface area contributed by atoms with E-state index in [0.29, 0.717) is 11.1 Å². The lowest BCUT2D eigenvalue weighted by molar-refractivity contribution is 0.111. The SMILES string of the molecule is O=Cc1ccc2ccc3ccc4ccc5ccc6ccc(C=O)cc6c5c4c3c2c1. The largest absolute Gasteiger partial charge is 0.298 e. The van der Waals surface area contributed by atoms with Crippen molar-refractivity contribution in [2.75, 3.05) is 0 Å². The molecule has 0 radical (unpaired) electrons. The van der Waals surface area contributed by atoms with Gasteiger partial charge in [-0.3, -0.25) is 9.59 Å². The predicted octanol–water partition coefficient (Wildman–Crippen LogP) is 7.08. The third-order valence-corrected chi connectivity index (χ3v) is 6.10. The van der Waals surface area contributed by atoms with Gasteiger partial charge in [0.15, 0.2) is 0 Å². The Labute approximate surface area is 172 Å². The summed E-state index contributed by atoms with van der Waals surface area (Å²) < 4.78 is 0. The monoisotopic (exact) mass is 384 g/mol. The van der Waals surface area contributed by atoms with E-state index in [4.69, 9.17) is 0 Å². The van der Waals surface area contributed by atoms with Crippen molar-refractivity contribution in [1.29, 1.82) is 0 Å². The molecule has 0 bridgehead atoms. The molecule has 140 valence electrons. The van der Waals surface area contributed by atoms with Crippen molar-refractivity contribution in [3.8, 4) is 0 Å². The number of hydrogen-bond donors (Lipinski definition) is 0. The van der Waals surface area contributed by atoms with Gasteiger partial charge >= 0.3 is 0 Å².